The summed E-state index contributed by atoms with van der Waals surface area (Å²) in [5, 5.41) is 0.665. The van der Waals surface area contributed by atoms with Crippen LogP contribution in [0.25, 0.3) is 10.2 Å². The van der Waals surface area contributed by atoms with Crippen LogP contribution in [0.15, 0.2) is 83.8 Å². The minimum Gasteiger partial charge on any atom is -0.497 e. The highest BCUT2D eigenvalue weighted by atomic mass is 32.2. The summed E-state index contributed by atoms with van der Waals surface area (Å²) in [6, 6.07) is 24.1. The first-order valence-electron chi connectivity index (χ1n) is 11.8. The highest BCUT2D eigenvalue weighted by molar-refractivity contribution is 7.89. The molecule has 9 heteroatoms. The second-order valence-corrected chi connectivity index (χ2v) is 11.7. The Labute approximate surface area is 215 Å². The van der Waals surface area contributed by atoms with Crippen LogP contribution in [0.1, 0.15) is 18.4 Å². The molecule has 0 aliphatic carbocycles. The van der Waals surface area contributed by atoms with E-state index < -0.39 is 10.0 Å². The van der Waals surface area contributed by atoms with Crippen LogP contribution in [0.4, 0.5) is 5.13 Å². The molecule has 0 bridgehead atoms. The number of thiazole rings is 1. The van der Waals surface area contributed by atoms with E-state index >= 15 is 0 Å². The molecule has 1 saturated heterocycles. The molecule has 0 unspecified atom stereocenters. The molecular weight excluding hydrogens is 494 g/mol. The zero-order valence-corrected chi connectivity index (χ0v) is 21.5. The fraction of sp³-hybridized carbons (Fsp3) is 0.259. The number of carbonyl (C=O) groups is 1. The Balaban J connectivity index is 1.34. The summed E-state index contributed by atoms with van der Waals surface area (Å²) in [6.45, 7) is 1.01. The standard InChI is InChI=1S/C27H27N3O4S2/c1-34-22-11-13-23(14-12-22)36(32,33)29-17-15-21(16-18-29)26(31)30(19-20-7-3-2-4-8-20)27-28-24-9-5-6-10-25(24)35-27/h2-14,21H,15-19H2,1H3. The Bertz CT molecular complexity index is 1410. The normalized spacial score (nSPS) is 15.1. The van der Waals surface area contributed by atoms with Crippen molar-refractivity contribution in [2.75, 3.05) is 25.1 Å². The zero-order valence-electron chi connectivity index (χ0n) is 19.9. The third-order valence-electron chi connectivity index (χ3n) is 6.46. The predicted octanol–water partition coefficient (Wildman–Crippen LogP) is 4.94. The van der Waals surface area contributed by atoms with Gasteiger partial charge in [-0.1, -0.05) is 53.8 Å². The van der Waals surface area contributed by atoms with Crippen LogP contribution in [0.3, 0.4) is 0 Å². The number of para-hydroxylation sites is 1. The summed E-state index contributed by atoms with van der Waals surface area (Å²) < 4.78 is 33.9. The van der Waals surface area contributed by atoms with E-state index in [1.165, 1.54) is 15.6 Å². The van der Waals surface area contributed by atoms with E-state index in [9.17, 15) is 13.2 Å². The molecule has 3 aromatic carbocycles. The summed E-state index contributed by atoms with van der Waals surface area (Å²) >= 11 is 1.50. The van der Waals surface area contributed by atoms with Gasteiger partial charge in [0.25, 0.3) is 0 Å². The highest BCUT2D eigenvalue weighted by Gasteiger charge is 2.35. The van der Waals surface area contributed by atoms with Crippen molar-refractivity contribution in [3.8, 4) is 5.75 Å². The van der Waals surface area contributed by atoms with Gasteiger partial charge in [-0.15, -0.1) is 0 Å². The second kappa shape index (κ2) is 10.4. The fourth-order valence-corrected chi connectivity index (χ4v) is 6.88. The second-order valence-electron chi connectivity index (χ2n) is 8.73. The molecule has 4 aromatic rings. The van der Waals surface area contributed by atoms with E-state index in [-0.39, 0.29) is 16.7 Å². The number of fused-ring (bicyclic) bond motifs is 1. The van der Waals surface area contributed by atoms with Gasteiger partial charge in [0, 0.05) is 19.0 Å². The highest BCUT2D eigenvalue weighted by Crippen LogP contribution is 2.33. The van der Waals surface area contributed by atoms with Gasteiger partial charge in [0.1, 0.15) is 5.75 Å². The Morgan fingerprint density at radius 1 is 1.00 bits per heavy atom. The molecule has 1 fully saturated rings. The zero-order chi connectivity index (χ0) is 25.1. The number of rotatable bonds is 7. The minimum absolute atomic E-state index is 0.0144. The molecule has 1 amide bonds. The van der Waals surface area contributed by atoms with Crippen molar-refractivity contribution in [3.05, 3.63) is 84.4 Å². The Morgan fingerprint density at radius 3 is 2.33 bits per heavy atom. The number of methoxy groups -OCH3 is 1. The number of piperidine rings is 1. The third kappa shape index (κ3) is 5.00. The Hall–Kier alpha value is -3.27. The van der Waals surface area contributed by atoms with Crippen molar-refractivity contribution in [2.45, 2.75) is 24.3 Å². The number of amides is 1. The number of hydrogen-bond donors (Lipinski definition) is 0. The van der Waals surface area contributed by atoms with Crippen molar-refractivity contribution in [1.82, 2.24) is 9.29 Å². The summed E-state index contributed by atoms with van der Waals surface area (Å²) in [5.74, 6) is 0.314. The van der Waals surface area contributed by atoms with Crippen molar-refractivity contribution in [2.24, 2.45) is 5.92 Å². The van der Waals surface area contributed by atoms with Crippen molar-refractivity contribution in [3.63, 3.8) is 0 Å². The monoisotopic (exact) mass is 521 g/mol. The molecule has 2 heterocycles. The van der Waals surface area contributed by atoms with E-state index in [1.807, 2.05) is 54.6 Å². The fourth-order valence-electron chi connectivity index (χ4n) is 4.44. The number of aromatic nitrogens is 1. The van der Waals surface area contributed by atoms with Gasteiger partial charge >= 0.3 is 0 Å². The lowest BCUT2D eigenvalue weighted by atomic mass is 9.96. The molecule has 7 nitrogen and oxygen atoms in total. The number of nitrogens with zero attached hydrogens (tertiary/aromatic N) is 3. The van der Waals surface area contributed by atoms with Crippen molar-refractivity contribution in [1.29, 1.82) is 0 Å². The SMILES string of the molecule is COc1ccc(S(=O)(=O)N2CCC(C(=O)N(Cc3ccccc3)c3nc4ccccc4s3)CC2)cc1. The van der Waals surface area contributed by atoms with Crippen LogP contribution in [-0.4, -0.2) is 43.8 Å². The van der Waals surface area contributed by atoms with Gasteiger partial charge in [-0.25, -0.2) is 13.4 Å². The number of carbonyl (C=O) groups excluding carboxylic acids is 1. The van der Waals surface area contributed by atoms with Gasteiger partial charge in [0.15, 0.2) is 5.13 Å². The lowest BCUT2D eigenvalue weighted by Gasteiger charge is -2.33. The maximum Gasteiger partial charge on any atom is 0.243 e. The number of hydrogen-bond acceptors (Lipinski definition) is 6. The van der Waals surface area contributed by atoms with Crippen molar-refractivity contribution < 1.29 is 17.9 Å². The van der Waals surface area contributed by atoms with Crippen LogP contribution in [-0.2, 0) is 21.4 Å². The molecule has 0 saturated carbocycles. The van der Waals surface area contributed by atoms with E-state index in [0.29, 0.717) is 43.4 Å². The molecule has 1 aliphatic heterocycles. The first-order chi connectivity index (χ1) is 17.5. The van der Waals surface area contributed by atoms with Crippen LogP contribution in [0.2, 0.25) is 0 Å². The largest absolute Gasteiger partial charge is 0.497 e. The van der Waals surface area contributed by atoms with Crippen LogP contribution >= 0.6 is 11.3 Å². The number of benzene rings is 3. The smallest absolute Gasteiger partial charge is 0.243 e. The molecular formula is C27H27N3O4S2. The van der Waals surface area contributed by atoms with Crippen molar-refractivity contribution >= 4 is 42.6 Å². The number of sulfonamides is 1. The van der Waals surface area contributed by atoms with Gasteiger partial charge in [0.2, 0.25) is 15.9 Å². The van der Waals surface area contributed by atoms with E-state index in [2.05, 4.69) is 0 Å². The molecule has 0 radical (unpaired) electrons. The van der Waals surface area contributed by atoms with E-state index in [4.69, 9.17) is 9.72 Å². The summed E-state index contributed by atoms with van der Waals surface area (Å²) in [4.78, 5) is 20.5. The maximum atomic E-state index is 13.8. The summed E-state index contributed by atoms with van der Waals surface area (Å²) in [7, 11) is -2.09. The average molecular weight is 522 g/mol. The lowest BCUT2D eigenvalue weighted by Crippen LogP contribution is -2.44. The molecule has 5 rings (SSSR count). The van der Waals surface area contributed by atoms with Crippen LogP contribution in [0.5, 0.6) is 5.75 Å². The molecule has 36 heavy (non-hydrogen) atoms. The maximum absolute atomic E-state index is 13.8. The molecule has 186 valence electrons. The number of anilines is 1. The lowest BCUT2D eigenvalue weighted by molar-refractivity contribution is -0.123. The Morgan fingerprint density at radius 2 is 1.67 bits per heavy atom. The van der Waals surface area contributed by atoms with Gasteiger partial charge in [-0.3, -0.25) is 9.69 Å². The van der Waals surface area contributed by atoms with Gasteiger partial charge < -0.3 is 4.74 Å². The number of ether oxygens (including phenoxy) is 1. The minimum atomic E-state index is -3.63. The summed E-state index contributed by atoms with van der Waals surface area (Å²) in [6.07, 6.45) is 0.925. The molecule has 1 aliphatic rings. The average Bonchev–Trinajstić information content (AvgIpc) is 3.36. The molecule has 0 N–H and O–H groups in total. The third-order valence-corrected chi connectivity index (χ3v) is 9.44. The predicted molar refractivity (Wildman–Crippen MR) is 142 cm³/mol. The summed E-state index contributed by atoms with van der Waals surface area (Å²) in [5.41, 5.74) is 1.88. The van der Waals surface area contributed by atoms with E-state index in [1.54, 1.807) is 36.3 Å². The quantitative estimate of drug-likeness (QED) is 0.344. The van der Waals surface area contributed by atoms with Crippen LogP contribution < -0.4 is 9.64 Å². The topological polar surface area (TPSA) is 79.8 Å². The van der Waals surface area contributed by atoms with E-state index in [0.717, 1.165) is 15.8 Å². The molecule has 0 spiro atoms. The van der Waals surface area contributed by atoms with Gasteiger partial charge in [-0.2, -0.15) is 4.31 Å². The first-order valence-corrected chi connectivity index (χ1v) is 14.1. The Kier molecular flexibility index (Phi) is 7.04. The van der Waals surface area contributed by atoms with Gasteiger partial charge in [-0.05, 0) is 54.8 Å². The molecule has 1 aromatic heterocycles. The van der Waals surface area contributed by atoms with Crippen LogP contribution in [0, 0.1) is 5.92 Å². The first kappa shape index (κ1) is 24.4. The van der Waals surface area contributed by atoms with Gasteiger partial charge in [0.05, 0.1) is 28.8 Å². The molecule has 0 atom stereocenters.